The average Bonchev–Trinajstić information content (AvgIpc) is 2.53. The van der Waals surface area contributed by atoms with Crippen molar-refractivity contribution in [1.82, 2.24) is 16.1 Å². The average molecular weight is 337 g/mol. The van der Waals surface area contributed by atoms with Gasteiger partial charge in [0.05, 0.1) is 0 Å². The largest absolute Gasteiger partial charge is 0.480 e. The maximum atomic E-state index is 12.0. The molecule has 3 amide bonds. The Bertz CT molecular complexity index is 562. The molecule has 0 bridgehead atoms. The predicted octanol–water partition coefficient (Wildman–Crippen LogP) is 0.902. The second kappa shape index (κ2) is 9.51. The highest BCUT2D eigenvalue weighted by Crippen LogP contribution is 2.06. The highest BCUT2D eigenvalue weighted by Gasteiger charge is 2.25. The van der Waals surface area contributed by atoms with Gasteiger partial charge in [0.1, 0.15) is 12.1 Å². The van der Waals surface area contributed by atoms with Gasteiger partial charge in [-0.25, -0.2) is 15.1 Å². The molecule has 0 aliphatic rings. The third kappa shape index (κ3) is 6.66. The SMILES string of the molecule is CC(C)CC(NC(=O)NC(Cc1ccccc1)C(=O)O)C(=O)NO. The van der Waals surface area contributed by atoms with Gasteiger partial charge in [0, 0.05) is 6.42 Å². The summed E-state index contributed by atoms with van der Waals surface area (Å²) in [6, 6.07) is 6.01. The molecule has 5 N–H and O–H groups in total. The van der Waals surface area contributed by atoms with E-state index in [1.807, 2.05) is 19.9 Å². The molecule has 1 aromatic rings. The van der Waals surface area contributed by atoms with Crippen molar-refractivity contribution in [2.24, 2.45) is 5.92 Å². The number of hydrogen-bond donors (Lipinski definition) is 5. The standard InChI is InChI=1S/C16H23N3O5/c1-10(2)8-12(14(20)19-24)17-16(23)18-13(15(21)22)9-11-6-4-3-5-7-11/h3-7,10,12-13,24H,8-9H2,1-2H3,(H,19,20)(H,21,22)(H2,17,18,23). The van der Waals surface area contributed by atoms with Crippen LogP contribution in [0.15, 0.2) is 30.3 Å². The minimum atomic E-state index is -1.18. The Labute approximate surface area is 140 Å². The summed E-state index contributed by atoms with van der Waals surface area (Å²) >= 11 is 0. The molecule has 0 fully saturated rings. The van der Waals surface area contributed by atoms with Crippen molar-refractivity contribution in [1.29, 1.82) is 0 Å². The molecule has 0 saturated heterocycles. The van der Waals surface area contributed by atoms with Gasteiger partial charge < -0.3 is 15.7 Å². The van der Waals surface area contributed by atoms with Crippen LogP contribution in [0.3, 0.4) is 0 Å². The summed E-state index contributed by atoms with van der Waals surface area (Å²) in [5.41, 5.74) is 2.26. The number of carbonyl (C=O) groups is 3. The highest BCUT2D eigenvalue weighted by molar-refractivity contribution is 5.88. The van der Waals surface area contributed by atoms with Crippen molar-refractivity contribution in [3.05, 3.63) is 35.9 Å². The van der Waals surface area contributed by atoms with E-state index in [9.17, 15) is 19.5 Å². The van der Waals surface area contributed by atoms with Crippen molar-refractivity contribution in [2.75, 3.05) is 0 Å². The third-order valence-electron chi connectivity index (χ3n) is 3.33. The zero-order valence-corrected chi connectivity index (χ0v) is 13.7. The molecule has 2 unspecified atom stereocenters. The zero-order valence-electron chi connectivity index (χ0n) is 13.7. The number of hydrogen-bond acceptors (Lipinski definition) is 4. The predicted molar refractivity (Wildman–Crippen MR) is 86.4 cm³/mol. The summed E-state index contributed by atoms with van der Waals surface area (Å²) in [4.78, 5) is 34.9. The Kier molecular flexibility index (Phi) is 7.70. The summed E-state index contributed by atoms with van der Waals surface area (Å²) in [6.07, 6.45) is 0.418. The fourth-order valence-electron chi connectivity index (χ4n) is 2.19. The number of nitrogens with one attached hydrogen (secondary N) is 3. The van der Waals surface area contributed by atoms with Crippen LogP contribution >= 0.6 is 0 Å². The minimum Gasteiger partial charge on any atom is -0.480 e. The maximum Gasteiger partial charge on any atom is 0.326 e. The molecule has 24 heavy (non-hydrogen) atoms. The molecule has 8 nitrogen and oxygen atoms in total. The molecule has 2 atom stereocenters. The third-order valence-corrected chi connectivity index (χ3v) is 3.33. The van der Waals surface area contributed by atoms with Gasteiger partial charge in [-0.15, -0.1) is 0 Å². The van der Waals surface area contributed by atoms with E-state index in [1.54, 1.807) is 24.3 Å². The van der Waals surface area contributed by atoms with E-state index in [1.165, 1.54) is 5.48 Å². The van der Waals surface area contributed by atoms with Gasteiger partial charge in [-0.3, -0.25) is 10.0 Å². The van der Waals surface area contributed by atoms with Crippen LogP contribution < -0.4 is 16.1 Å². The van der Waals surface area contributed by atoms with Crippen LogP contribution in [0.1, 0.15) is 25.8 Å². The van der Waals surface area contributed by atoms with Gasteiger partial charge in [-0.05, 0) is 17.9 Å². The lowest BCUT2D eigenvalue weighted by molar-refractivity contribution is -0.139. The van der Waals surface area contributed by atoms with E-state index < -0.39 is 30.0 Å². The molecule has 1 rings (SSSR count). The summed E-state index contributed by atoms with van der Waals surface area (Å²) in [6.45, 7) is 3.71. The Hall–Kier alpha value is -2.61. The molecule has 0 spiro atoms. The van der Waals surface area contributed by atoms with Gasteiger partial charge in [0.25, 0.3) is 5.91 Å². The number of carbonyl (C=O) groups excluding carboxylic acids is 2. The van der Waals surface area contributed by atoms with E-state index in [2.05, 4.69) is 10.6 Å². The Morgan fingerprint density at radius 2 is 1.62 bits per heavy atom. The van der Waals surface area contributed by atoms with Gasteiger partial charge in [-0.2, -0.15) is 0 Å². The first-order valence-electron chi connectivity index (χ1n) is 7.61. The van der Waals surface area contributed by atoms with Crippen LogP contribution in [0.25, 0.3) is 0 Å². The van der Waals surface area contributed by atoms with Gasteiger partial charge in [0.2, 0.25) is 0 Å². The molecule has 0 aliphatic carbocycles. The van der Waals surface area contributed by atoms with Gasteiger partial charge >= 0.3 is 12.0 Å². The lowest BCUT2D eigenvalue weighted by atomic mass is 10.0. The van der Waals surface area contributed by atoms with Crippen LogP contribution in [-0.2, 0) is 16.0 Å². The fraction of sp³-hybridized carbons (Fsp3) is 0.438. The van der Waals surface area contributed by atoms with E-state index in [0.29, 0.717) is 6.42 Å². The number of hydroxylamine groups is 1. The van der Waals surface area contributed by atoms with Crippen LogP contribution in [0, 0.1) is 5.92 Å². The first-order valence-corrected chi connectivity index (χ1v) is 7.61. The van der Waals surface area contributed by atoms with E-state index >= 15 is 0 Å². The number of rotatable bonds is 8. The molecule has 0 radical (unpaired) electrons. The molecule has 132 valence electrons. The lowest BCUT2D eigenvalue weighted by Gasteiger charge is -2.21. The molecule has 0 aliphatic heterocycles. The van der Waals surface area contributed by atoms with Crippen molar-refractivity contribution in [3.63, 3.8) is 0 Å². The van der Waals surface area contributed by atoms with Crippen LogP contribution in [0.2, 0.25) is 0 Å². The first kappa shape index (κ1) is 19.4. The second-order valence-electron chi connectivity index (χ2n) is 5.86. The Morgan fingerprint density at radius 1 is 1.04 bits per heavy atom. The van der Waals surface area contributed by atoms with Crippen LogP contribution in [-0.4, -0.2) is 40.3 Å². The number of carboxylic acid groups (broad SMARTS) is 1. The smallest absolute Gasteiger partial charge is 0.326 e. The van der Waals surface area contributed by atoms with Crippen LogP contribution in [0.4, 0.5) is 4.79 Å². The van der Waals surface area contributed by atoms with E-state index in [-0.39, 0.29) is 12.3 Å². The monoisotopic (exact) mass is 337 g/mol. The van der Waals surface area contributed by atoms with Crippen molar-refractivity contribution in [2.45, 2.75) is 38.8 Å². The van der Waals surface area contributed by atoms with Crippen molar-refractivity contribution < 1.29 is 24.7 Å². The Morgan fingerprint density at radius 3 is 2.12 bits per heavy atom. The maximum absolute atomic E-state index is 12.0. The topological polar surface area (TPSA) is 128 Å². The quantitative estimate of drug-likeness (QED) is 0.356. The zero-order chi connectivity index (χ0) is 18.1. The molecule has 0 saturated carbocycles. The second-order valence-corrected chi connectivity index (χ2v) is 5.86. The molecule has 1 aromatic carbocycles. The number of carboxylic acids is 1. The van der Waals surface area contributed by atoms with Gasteiger partial charge in [-0.1, -0.05) is 44.2 Å². The Balaban J connectivity index is 2.70. The van der Waals surface area contributed by atoms with Crippen LogP contribution in [0.5, 0.6) is 0 Å². The van der Waals surface area contributed by atoms with Crippen molar-refractivity contribution in [3.8, 4) is 0 Å². The number of urea groups is 1. The molecule has 0 heterocycles. The fourth-order valence-corrected chi connectivity index (χ4v) is 2.19. The first-order chi connectivity index (χ1) is 11.3. The molecular weight excluding hydrogens is 314 g/mol. The van der Waals surface area contributed by atoms with E-state index in [0.717, 1.165) is 5.56 Å². The summed E-state index contributed by atoms with van der Waals surface area (Å²) < 4.78 is 0. The van der Waals surface area contributed by atoms with E-state index in [4.69, 9.17) is 5.21 Å². The number of benzene rings is 1. The minimum absolute atomic E-state index is 0.0900. The summed E-state index contributed by atoms with van der Waals surface area (Å²) in [5.74, 6) is -1.85. The summed E-state index contributed by atoms with van der Waals surface area (Å²) in [7, 11) is 0. The molecule has 0 aromatic heterocycles. The van der Waals surface area contributed by atoms with Gasteiger partial charge in [0.15, 0.2) is 0 Å². The summed E-state index contributed by atoms with van der Waals surface area (Å²) in [5, 5.41) is 22.7. The molecule has 8 heteroatoms. The highest BCUT2D eigenvalue weighted by atomic mass is 16.5. The molecular formula is C16H23N3O5. The van der Waals surface area contributed by atoms with Crippen molar-refractivity contribution >= 4 is 17.9 Å². The number of amides is 3. The number of aliphatic carboxylic acids is 1. The lowest BCUT2D eigenvalue weighted by Crippen LogP contribution is -2.53. The normalized spacial score (nSPS) is 13.0.